The number of ether oxygens (including phenoxy) is 1. The second-order valence-corrected chi connectivity index (χ2v) is 7.95. The number of piperazine rings is 1. The Bertz CT molecular complexity index is 1040. The molecule has 0 saturated carbocycles. The van der Waals surface area contributed by atoms with Gasteiger partial charge in [0.2, 0.25) is 0 Å². The molecule has 2 aromatic rings. The van der Waals surface area contributed by atoms with Crippen LogP contribution in [0, 0.1) is 13.8 Å². The van der Waals surface area contributed by atoms with Gasteiger partial charge in [-0.05, 0) is 44.2 Å². The van der Waals surface area contributed by atoms with E-state index in [-0.39, 0.29) is 11.8 Å². The number of carbonyl (C=O) groups excluding carboxylic acids is 2. The average Bonchev–Trinajstić information content (AvgIpc) is 3.00. The number of hydrogen-bond donors (Lipinski definition) is 0. The first kappa shape index (κ1) is 20.2. The second-order valence-electron chi connectivity index (χ2n) is 7.95. The fourth-order valence-corrected chi connectivity index (χ4v) is 4.11. The maximum Gasteiger partial charge on any atom is 0.282 e. The normalized spacial score (nSPS) is 17.9. The predicted molar refractivity (Wildman–Crippen MR) is 117 cm³/mol. The van der Waals surface area contributed by atoms with Crippen molar-refractivity contribution in [3.8, 4) is 5.75 Å². The lowest BCUT2D eigenvalue weighted by atomic mass is 10.0. The molecular formula is C24H27N3O3. The van der Waals surface area contributed by atoms with Gasteiger partial charge >= 0.3 is 0 Å². The van der Waals surface area contributed by atoms with E-state index in [0.717, 1.165) is 24.2 Å². The number of likely N-dealkylation sites (N-methyl/N-ethyl adjacent to an activating group) is 1. The van der Waals surface area contributed by atoms with Crippen LogP contribution in [-0.4, -0.2) is 62.0 Å². The smallest absolute Gasteiger partial charge is 0.282 e. The Morgan fingerprint density at radius 3 is 2.30 bits per heavy atom. The van der Waals surface area contributed by atoms with Crippen LogP contribution >= 0.6 is 0 Å². The SMILES string of the molecule is COc1ccccc1C1=C(N2CCN(C)CC2)C(=O)N(c2cc(C)ccc2C)C1=O. The van der Waals surface area contributed by atoms with Gasteiger partial charge in [-0.25, -0.2) is 4.90 Å². The van der Waals surface area contributed by atoms with Gasteiger partial charge in [-0.3, -0.25) is 9.59 Å². The number of imide groups is 1. The van der Waals surface area contributed by atoms with E-state index >= 15 is 0 Å². The van der Waals surface area contributed by atoms with E-state index < -0.39 is 0 Å². The van der Waals surface area contributed by atoms with Crippen molar-refractivity contribution in [3.63, 3.8) is 0 Å². The van der Waals surface area contributed by atoms with Crippen LogP contribution in [0.5, 0.6) is 5.75 Å². The molecule has 6 nitrogen and oxygen atoms in total. The van der Waals surface area contributed by atoms with Gasteiger partial charge in [0.1, 0.15) is 11.4 Å². The predicted octanol–water partition coefficient (Wildman–Crippen LogP) is 2.84. The van der Waals surface area contributed by atoms with Crippen molar-refractivity contribution in [2.45, 2.75) is 13.8 Å². The van der Waals surface area contributed by atoms with E-state index in [1.165, 1.54) is 4.90 Å². The zero-order valence-corrected chi connectivity index (χ0v) is 17.9. The summed E-state index contributed by atoms with van der Waals surface area (Å²) in [5.74, 6) is 0.0226. The van der Waals surface area contributed by atoms with E-state index in [0.29, 0.717) is 41.4 Å². The third-order valence-corrected chi connectivity index (χ3v) is 5.86. The number of methoxy groups -OCH3 is 1. The fraction of sp³-hybridized carbons (Fsp3) is 0.333. The zero-order valence-electron chi connectivity index (χ0n) is 17.9. The van der Waals surface area contributed by atoms with Crippen LogP contribution in [0.25, 0.3) is 5.57 Å². The Kier molecular flexibility index (Phi) is 5.35. The van der Waals surface area contributed by atoms with Gasteiger partial charge in [-0.15, -0.1) is 0 Å². The first-order valence-electron chi connectivity index (χ1n) is 10.2. The summed E-state index contributed by atoms with van der Waals surface area (Å²) in [5, 5.41) is 0. The highest BCUT2D eigenvalue weighted by Crippen LogP contribution is 2.39. The Morgan fingerprint density at radius 1 is 0.900 bits per heavy atom. The molecule has 0 aromatic heterocycles. The molecule has 30 heavy (non-hydrogen) atoms. The van der Waals surface area contributed by atoms with Gasteiger partial charge in [0.05, 0.1) is 18.4 Å². The van der Waals surface area contributed by atoms with Crippen molar-refractivity contribution >= 4 is 23.1 Å². The van der Waals surface area contributed by atoms with Gasteiger partial charge in [0.15, 0.2) is 0 Å². The Labute approximate surface area is 177 Å². The van der Waals surface area contributed by atoms with Crippen molar-refractivity contribution < 1.29 is 14.3 Å². The highest BCUT2D eigenvalue weighted by Gasteiger charge is 2.44. The molecule has 2 aromatic carbocycles. The summed E-state index contributed by atoms with van der Waals surface area (Å²) < 4.78 is 5.53. The Balaban J connectivity index is 1.88. The molecule has 2 heterocycles. The Hall–Kier alpha value is -3.12. The molecule has 0 N–H and O–H groups in total. The molecule has 0 atom stereocenters. The average molecular weight is 405 g/mol. The molecule has 6 heteroatoms. The maximum absolute atomic E-state index is 13.7. The number of carbonyl (C=O) groups is 2. The topological polar surface area (TPSA) is 53.1 Å². The van der Waals surface area contributed by atoms with E-state index in [2.05, 4.69) is 11.9 Å². The third-order valence-electron chi connectivity index (χ3n) is 5.86. The van der Waals surface area contributed by atoms with Crippen LogP contribution < -0.4 is 9.64 Å². The molecule has 1 saturated heterocycles. The van der Waals surface area contributed by atoms with Crippen molar-refractivity contribution in [3.05, 3.63) is 64.9 Å². The van der Waals surface area contributed by atoms with Crippen LogP contribution in [0.2, 0.25) is 0 Å². The molecule has 0 spiro atoms. The summed E-state index contributed by atoms with van der Waals surface area (Å²) in [6.45, 7) is 6.96. The molecule has 0 radical (unpaired) electrons. The van der Waals surface area contributed by atoms with Gasteiger partial charge < -0.3 is 14.5 Å². The summed E-state index contributed by atoms with van der Waals surface area (Å²) in [6.07, 6.45) is 0. The number of anilines is 1. The summed E-state index contributed by atoms with van der Waals surface area (Å²) >= 11 is 0. The lowest BCUT2D eigenvalue weighted by Gasteiger charge is -2.34. The maximum atomic E-state index is 13.7. The van der Waals surface area contributed by atoms with Crippen LogP contribution in [-0.2, 0) is 9.59 Å². The van der Waals surface area contributed by atoms with Gasteiger partial charge in [-0.2, -0.15) is 0 Å². The number of rotatable bonds is 4. The van der Waals surface area contributed by atoms with Crippen molar-refractivity contribution in [1.82, 2.24) is 9.80 Å². The quantitative estimate of drug-likeness (QED) is 0.733. The van der Waals surface area contributed by atoms with Gasteiger partial charge in [-0.1, -0.05) is 30.3 Å². The summed E-state index contributed by atoms with van der Waals surface area (Å²) in [5.41, 5.74) is 4.08. The fourth-order valence-electron chi connectivity index (χ4n) is 4.11. The molecule has 1 fully saturated rings. The minimum Gasteiger partial charge on any atom is -0.496 e. The zero-order chi connectivity index (χ0) is 21.4. The van der Waals surface area contributed by atoms with Crippen molar-refractivity contribution in [1.29, 1.82) is 0 Å². The number of benzene rings is 2. The summed E-state index contributed by atoms with van der Waals surface area (Å²) in [4.78, 5) is 33.0. The van der Waals surface area contributed by atoms with Crippen molar-refractivity contribution in [2.75, 3.05) is 45.2 Å². The van der Waals surface area contributed by atoms with E-state index in [1.807, 2.05) is 61.2 Å². The molecule has 4 rings (SSSR count). The van der Waals surface area contributed by atoms with Crippen LogP contribution in [0.4, 0.5) is 5.69 Å². The molecule has 0 aliphatic carbocycles. The minimum atomic E-state index is -0.299. The first-order valence-corrected chi connectivity index (χ1v) is 10.2. The molecular weight excluding hydrogens is 378 g/mol. The lowest BCUT2D eigenvalue weighted by Crippen LogP contribution is -2.46. The molecule has 0 bridgehead atoms. The summed E-state index contributed by atoms with van der Waals surface area (Å²) in [7, 11) is 3.65. The molecule has 2 aliphatic rings. The Morgan fingerprint density at radius 2 is 1.60 bits per heavy atom. The van der Waals surface area contributed by atoms with Crippen LogP contribution in [0.3, 0.4) is 0 Å². The van der Waals surface area contributed by atoms with Crippen LogP contribution in [0.1, 0.15) is 16.7 Å². The highest BCUT2D eigenvalue weighted by molar-refractivity contribution is 6.45. The first-order chi connectivity index (χ1) is 14.4. The standard InChI is InChI=1S/C24H27N3O3/c1-16-9-10-17(2)19(15-16)27-23(28)21(18-7-5-6-8-20(18)30-4)22(24(27)29)26-13-11-25(3)12-14-26/h5-10,15H,11-14H2,1-4H3. The number of nitrogens with zero attached hydrogens (tertiary/aromatic N) is 3. The highest BCUT2D eigenvalue weighted by atomic mass is 16.5. The molecule has 2 amide bonds. The monoisotopic (exact) mass is 405 g/mol. The third kappa shape index (κ3) is 3.37. The molecule has 2 aliphatic heterocycles. The van der Waals surface area contributed by atoms with E-state index in [9.17, 15) is 9.59 Å². The lowest BCUT2D eigenvalue weighted by molar-refractivity contribution is -0.120. The summed E-state index contributed by atoms with van der Waals surface area (Å²) in [6, 6.07) is 13.2. The molecule has 0 unspecified atom stereocenters. The van der Waals surface area contributed by atoms with Crippen LogP contribution in [0.15, 0.2) is 48.2 Å². The number of aryl methyl sites for hydroxylation is 2. The number of amides is 2. The van der Waals surface area contributed by atoms with Gasteiger partial charge in [0, 0.05) is 31.7 Å². The number of para-hydroxylation sites is 1. The van der Waals surface area contributed by atoms with Crippen molar-refractivity contribution in [2.24, 2.45) is 0 Å². The van der Waals surface area contributed by atoms with E-state index in [1.54, 1.807) is 7.11 Å². The second kappa shape index (κ2) is 7.95. The number of hydrogen-bond acceptors (Lipinski definition) is 5. The largest absolute Gasteiger partial charge is 0.496 e. The molecule has 156 valence electrons. The minimum absolute atomic E-state index is 0.265. The van der Waals surface area contributed by atoms with Gasteiger partial charge in [0.25, 0.3) is 11.8 Å². The van der Waals surface area contributed by atoms with E-state index in [4.69, 9.17) is 4.74 Å².